The Hall–Kier alpha value is -2.63. The van der Waals surface area contributed by atoms with Gasteiger partial charge in [0.2, 0.25) is 5.84 Å². The highest BCUT2D eigenvalue weighted by Crippen LogP contribution is 2.43. The van der Waals surface area contributed by atoms with E-state index in [2.05, 4.69) is 27.3 Å². The Labute approximate surface area is 201 Å². The summed E-state index contributed by atoms with van der Waals surface area (Å²) in [6, 6.07) is 0.922. The summed E-state index contributed by atoms with van der Waals surface area (Å²) in [4.78, 5) is 7.18. The molecule has 1 aromatic rings. The number of aliphatic imine (C=N–C) groups is 2. The number of hydrazine groups is 1. The summed E-state index contributed by atoms with van der Waals surface area (Å²) >= 11 is 12.0. The van der Waals surface area contributed by atoms with Crippen LogP contribution in [-0.4, -0.2) is 36.7 Å². The van der Waals surface area contributed by atoms with Crippen LogP contribution in [0.5, 0.6) is 0 Å². The van der Waals surface area contributed by atoms with E-state index in [1.165, 1.54) is 5.32 Å². The molecule has 1 fully saturated rings. The highest BCUT2D eigenvalue weighted by Gasteiger charge is 2.52. The quantitative estimate of drug-likeness (QED) is 0.358. The van der Waals surface area contributed by atoms with Gasteiger partial charge >= 0.3 is 18.5 Å². The van der Waals surface area contributed by atoms with Crippen molar-refractivity contribution in [2.24, 2.45) is 9.98 Å². The number of rotatable bonds is 2. The summed E-state index contributed by atoms with van der Waals surface area (Å²) in [5.41, 5.74) is -2.14. The fraction of sp³-hybridized carbons (Fsp3) is 0.368. The zero-order valence-corrected chi connectivity index (χ0v) is 18.7. The molecule has 2 aliphatic rings. The van der Waals surface area contributed by atoms with Crippen LogP contribution in [0.3, 0.4) is 0 Å². The number of amidine groups is 2. The maximum Gasteiger partial charge on any atom is 0.449 e. The number of nitrogens with one attached hydrogen (secondary N) is 2. The van der Waals surface area contributed by atoms with Crippen molar-refractivity contribution in [2.45, 2.75) is 38.0 Å². The Balaban J connectivity index is 2.24. The summed E-state index contributed by atoms with van der Waals surface area (Å²) < 4.78 is 120. The Kier molecular flexibility index (Phi) is 7.27. The lowest BCUT2D eigenvalue weighted by atomic mass is 10.1. The molecule has 190 valence electrons. The SMILES string of the molecule is CCC#CCN=C1C2=C(C(F)(F)F)NC(C(F)(F)F)=NC2NN1c1c(Cl)cc(C(F)(F)F)cc1Cl. The zero-order valence-electron chi connectivity index (χ0n) is 17.1. The van der Waals surface area contributed by atoms with Gasteiger partial charge in [-0.1, -0.05) is 36.0 Å². The molecule has 2 aliphatic heterocycles. The van der Waals surface area contributed by atoms with E-state index < -0.39 is 75.5 Å². The summed E-state index contributed by atoms with van der Waals surface area (Å²) in [5.74, 6) is 2.57. The van der Waals surface area contributed by atoms with Gasteiger partial charge in [0.05, 0.1) is 26.9 Å². The zero-order chi connectivity index (χ0) is 26.3. The predicted octanol–water partition coefficient (Wildman–Crippen LogP) is 5.86. The molecule has 3 rings (SSSR count). The van der Waals surface area contributed by atoms with Gasteiger partial charge < -0.3 is 5.32 Å². The van der Waals surface area contributed by atoms with Crippen molar-refractivity contribution >= 4 is 40.6 Å². The molecule has 5 nitrogen and oxygen atoms in total. The van der Waals surface area contributed by atoms with Crippen LogP contribution in [0.4, 0.5) is 45.2 Å². The minimum atomic E-state index is -5.32. The van der Waals surface area contributed by atoms with Crippen molar-refractivity contribution in [1.82, 2.24) is 10.7 Å². The van der Waals surface area contributed by atoms with Gasteiger partial charge in [-0.3, -0.25) is 10.0 Å². The lowest BCUT2D eigenvalue weighted by Crippen LogP contribution is -2.47. The first-order chi connectivity index (χ1) is 16.1. The summed E-state index contributed by atoms with van der Waals surface area (Å²) in [6.45, 7) is 1.29. The summed E-state index contributed by atoms with van der Waals surface area (Å²) in [5, 5.41) is 0.586. The average molecular weight is 552 g/mol. The number of hydrogen-bond acceptors (Lipinski definition) is 4. The molecule has 1 saturated heterocycles. The van der Waals surface area contributed by atoms with E-state index in [1.807, 2.05) is 0 Å². The maximum absolute atomic E-state index is 13.8. The number of nitrogens with zero attached hydrogens (tertiary/aromatic N) is 3. The first kappa shape index (κ1) is 27.0. The minimum absolute atomic E-state index is 0.378. The largest absolute Gasteiger partial charge is 0.449 e. The molecule has 0 bridgehead atoms. The van der Waals surface area contributed by atoms with Crippen molar-refractivity contribution in [3.8, 4) is 11.8 Å². The summed E-state index contributed by atoms with van der Waals surface area (Å²) in [7, 11) is 0. The van der Waals surface area contributed by atoms with Gasteiger partial charge in [-0.25, -0.2) is 4.99 Å². The van der Waals surface area contributed by atoms with E-state index in [4.69, 9.17) is 23.2 Å². The van der Waals surface area contributed by atoms with E-state index in [1.54, 1.807) is 6.92 Å². The molecule has 0 spiro atoms. The third kappa shape index (κ3) is 5.62. The minimum Gasteiger partial charge on any atom is -0.332 e. The third-order valence-electron chi connectivity index (χ3n) is 4.48. The Morgan fingerprint density at radius 2 is 1.57 bits per heavy atom. The second kappa shape index (κ2) is 9.44. The first-order valence-corrected chi connectivity index (χ1v) is 10.2. The van der Waals surface area contributed by atoms with Crippen LogP contribution < -0.4 is 15.8 Å². The predicted molar refractivity (Wildman–Crippen MR) is 111 cm³/mol. The van der Waals surface area contributed by atoms with Gasteiger partial charge in [-0.05, 0) is 12.1 Å². The molecule has 16 heteroatoms. The van der Waals surface area contributed by atoms with Gasteiger partial charge in [0.1, 0.15) is 18.4 Å². The molecule has 0 saturated carbocycles. The molecule has 0 aromatic heterocycles. The molecule has 0 aliphatic carbocycles. The summed E-state index contributed by atoms with van der Waals surface area (Å²) in [6.07, 6.45) is -17.0. The number of benzene rings is 1. The van der Waals surface area contributed by atoms with Gasteiger partial charge in [0.25, 0.3) is 0 Å². The highest BCUT2D eigenvalue weighted by atomic mass is 35.5. The third-order valence-corrected chi connectivity index (χ3v) is 5.05. The van der Waals surface area contributed by atoms with Crippen LogP contribution in [0.25, 0.3) is 0 Å². The molecule has 1 aromatic carbocycles. The average Bonchev–Trinajstić information content (AvgIpc) is 3.06. The molecular formula is C19H12Cl2F9N5. The second-order valence-electron chi connectivity index (χ2n) is 6.89. The molecule has 2 N–H and O–H groups in total. The number of allylic oxidation sites excluding steroid dienone is 1. The van der Waals surface area contributed by atoms with Crippen LogP contribution in [0.1, 0.15) is 18.9 Å². The Bertz CT molecular complexity index is 1150. The van der Waals surface area contributed by atoms with Gasteiger partial charge in [-0.2, -0.15) is 44.9 Å². The van der Waals surface area contributed by atoms with Crippen LogP contribution in [-0.2, 0) is 6.18 Å². The van der Waals surface area contributed by atoms with Gasteiger partial charge in [0, 0.05) is 6.42 Å². The molecule has 1 atom stereocenters. The van der Waals surface area contributed by atoms with Gasteiger partial charge in [-0.15, -0.1) is 5.92 Å². The van der Waals surface area contributed by atoms with E-state index in [0.29, 0.717) is 23.6 Å². The fourth-order valence-corrected chi connectivity index (χ4v) is 3.77. The number of alkyl halides is 9. The molecular weight excluding hydrogens is 540 g/mol. The molecule has 2 heterocycles. The van der Waals surface area contributed by atoms with Gasteiger partial charge in [0.15, 0.2) is 5.84 Å². The number of anilines is 1. The van der Waals surface area contributed by atoms with Crippen molar-refractivity contribution in [3.63, 3.8) is 0 Å². The monoisotopic (exact) mass is 551 g/mol. The molecule has 0 radical (unpaired) electrons. The standard InChI is InChI=1S/C19H12Cl2F9N5/c1-2-3-4-5-31-15-11-13(18(25,26)27)32-16(19(28,29)30)33-14(11)34-35(15)12-9(20)6-8(7-10(12)21)17(22,23)24/h6-7,14,34H,2,5H2,1H3,(H,32,33). The first-order valence-electron chi connectivity index (χ1n) is 9.42. The van der Waals surface area contributed by atoms with Crippen LogP contribution in [0.2, 0.25) is 10.0 Å². The number of fused-ring (bicyclic) bond motifs is 1. The molecule has 0 amide bonds. The highest BCUT2D eigenvalue weighted by molar-refractivity contribution is 6.40. The van der Waals surface area contributed by atoms with Crippen molar-refractivity contribution in [3.05, 3.63) is 39.0 Å². The van der Waals surface area contributed by atoms with Crippen LogP contribution >= 0.6 is 23.2 Å². The fourth-order valence-electron chi connectivity index (χ4n) is 3.11. The van der Waals surface area contributed by atoms with E-state index in [0.717, 1.165) is 0 Å². The van der Waals surface area contributed by atoms with Crippen molar-refractivity contribution in [2.75, 3.05) is 11.6 Å². The normalized spacial score (nSPS) is 19.9. The number of hydrogen-bond donors (Lipinski definition) is 2. The van der Waals surface area contributed by atoms with Crippen molar-refractivity contribution in [1.29, 1.82) is 0 Å². The lowest BCUT2D eigenvalue weighted by Gasteiger charge is -2.25. The Morgan fingerprint density at radius 1 is 0.971 bits per heavy atom. The smallest absolute Gasteiger partial charge is 0.332 e. The molecule has 1 unspecified atom stereocenters. The topological polar surface area (TPSA) is 52.0 Å². The maximum atomic E-state index is 13.8. The Morgan fingerprint density at radius 3 is 2.06 bits per heavy atom. The van der Waals surface area contributed by atoms with E-state index in [-0.39, 0.29) is 0 Å². The van der Waals surface area contributed by atoms with Crippen LogP contribution in [0.15, 0.2) is 33.4 Å². The van der Waals surface area contributed by atoms with E-state index in [9.17, 15) is 39.5 Å². The molecule has 35 heavy (non-hydrogen) atoms. The number of halogens is 11. The lowest BCUT2D eigenvalue weighted by molar-refractivity contribution is -0.137. The van der Waals surface area contributed by atoms with Crippen molar-refractivity contribution < 1.29 is 39.5 Å². The van der Waals surface area contributed by atoms with Crippen LogP contribution in [0, 0.1) is 11.8 Å². The van der Waals surface area contributed by atoms with E-state index >= 15 is 0 Å². The second-order valence-corrected chi connectivity index (χ2v) is 7.70.